The number of likely N-dealkylation sites (tertiary alicyclic amines) is 1. The van der Waals surface area contributed by atoms with Crippen LogP contribution in [0.1, 0.15) is 44.1 Å². The molecule has 3 rings (SSSR count). The van der Waals surface area contributed by atoms with Crippen molar-refractivity contribution in [2.24, 2.45) is 0 Å². The summed E-state index contributed by atoms with van der Waals surface area (Å²) in [4.78, 5) is 14.3. The van der Waals surface area contributed by atoms with Crippen LogP contribution in [0.15, 0.2) is 30.3 Å². The smallest absolute Gasteiger partial charge is 0.222 e. The van der Waals surface area contributed by atoms with E-state index in [4.69, 9.17) is 9.47 Å². The molecule has 1 aromatic rings. The second-order valence-corrected chi connectivity index (χ2v) is 6.66. The molecule has 4 heteroatoms. The van der Waals surface area contributed by atoms with Crippen molar-refractivity contribution in [3.63, 3.8) is 0 Å². The van der Waals surface area contributed by atoms with Crippen LogP contribution in [0.3, 0.4) is 0 Å². The number of nitrogens with zero attached hydrogens (tertiary/aromatic N) is 1. The SMILES string of the molecule is O=C1CC[C@@]2(CCCO2)CCN1CCCOCc1ccccc1. The lowest BCUT2D eigenvalue weighted by molar-refractivity contribution is -0.131. The van der Waals surface area contributed by atoms with Crippen LogP contribution in [-0.4, -0.2) is 42.7 Å². The van der Waals surface area contributed by atoms with Gasteiger partial charge in [-0.2, -0.15) is 0 Å². The molecule has 23 heavy (non-hydrogen) atoms. The van der Waals surface area contributed by atoms with Crippen molar-refractivity contribution in [2.45, 2.75) is 50.7 Å². The maximum Gasteiger partial charge on any atom is 0.222 e. The van der Waals surface area contributed by atoms with E-state index in [9.17, 15) is 4.79 Å². The molecule has 2 fully saturated rings. The number of hydrogen-bond acceptors (Lipinski definition) is 3. The van der Waals surface area contributed by atoms with E-state index in [2.05, 4.69) is 12.1 Å². The van der Waals surface area contributed by atoms with E-state index >= 15 is 0 Å². The fourth-order valence-electron chi connectivity index (χ4n) is 3.59. The molecule has 2 heterocycles. The summed E-state index contributed by atoms with van der Waals surface area (Å²) in [5.41, 5.74) is 1.19. The first-order chi connectivity index (χ1) is 11.3. The van der Waals surface area contributed by atoms with Crippen LogP contribution in [-0.2, 0) is 20.9 Å². The standard InChI is InChI=1S/C19H27NO3/c21-18-8-10-19(9-4-15-23-19)11-13-20(18)12-5-14-22-16-17-6-2-1-3-7-17/h1-3,6-7H,4-5,8-16H2/t19-/m0/s1. The predicted molar refractivity (Wildman–Crippen MR) is 89.1 cm³/mol. The molecule has 0 bridgehead atoms. The van der Waals surface area contributed by atoms with Crippen LogP contribution in [0, 0.1) is 0 Å². The van der Waals surface area contributed by atoms with Gasteiger partial charge in [0.25, 0.3) is 0 Å². The van der Waals surface area contributed by atoms with Crippen molar-refractivity contribution in [1.29, 1.82) is 0 Å². The summed E-state index contributed by atoms with van der Waals surface area (Å²) in [7, 11) is 0. The Labute approximate surface area is 138 Å². The van der Waals surface area contributed by atoms with Gasteiger partial charge in [-0.3, -0.25) is 4.79 Å². The first kappa shape index (κ1) is 16.5. The van der Waals surface area contributed by atoms with E-state index in [-0.39, 0.29) is 11.5 Å². The zero-order chi connectivity index (χ0) is 16.0. The summed E-state index contributed by atoms with van der Waals surface area (Å²) in [5, 5.41) is 0. The first-order valence-electron chi connectivity index (χ1n) is 8.81. The molecule has 2 aliphatic heterocycles. The number of ether oxygens (including phenoxy) is 2. The molecule has 2 aliphatic rings. The molecule has 4 nitrogen and oxygen atoms in total. The maximum atomic E-state index is 12.3. The van der Waals surface area contributed by atoms with Crippen LogP contribution in [0.4, 0.5) is 0 Å². The predicted octanol–water partition coefficient (Wildman–Crippen LogP) is 3.16. The van der Waals surface area contributed by atoms with Gasteiger partial charge in [-0.15, -0.1) is 0 Å². The molecule has 0 N–H and O–H groups in total. The Hall–Kier alpha value is -1.39. The summed E-state index contributed by atoms with van der Waals surface area (Å²) in [6.07, 6.45) is 5.67. The van der Waals surface area contributed by atoms with Gasteiger partial charge in [-0.1, -0.05) is 30.3 Å². The third kappa shape index (κ3) is 4.55. The summed E-state index contributed by atoms with van der Waals surface area (Å²) >= 11 is 0. The van der Waals surface area contributed by atoms with Gasteiger partial charge in [-0.05, 0) is 37.7 Å². The van der Waals surface area contributed by atoms with Gasteiger partial charge in [0.1, 0.15) is 0 Å². The fraction of sp³-hybridized carbons (Fsp3) is 0.632. The summed E-state index contributed by atoms with van der Waals surface area (Å²) in [6, 6.07) is 10.2. The van der Waals surface area contributed by atoms with Crippen LogP contribution >= 0.6 is 0 Å². The van der Waals surface area contributed by atoms with Crippen LogP contribution in [0.25, 0.3) is 0 Å². The molecule has 0 unspecified atom stereocenters. The second-order valence-electron chi connectivity index (χ2n) is 6.66. The highest BCUT2D eigenvalue weighted by molar-refractivity contribution is 5.76. The Bertz CT molecular complexity index is 497. The van der Waals surface area contributed by atoms with Crippen molar-refractivity contribution in [1.82, 2.24) is 4.90 Å². The van der Waals surface area contributed by atoms with E-state index in [1.165, 1.54) is 5.56 Å². The molecule has 1 aromatic carbocycles. The van der Waals surface area contributed by atoms with Crippen molar-refractivity contribution < 1.29 is 14.3 Å². The number of rotatable bonds is 6. The van der Waals surface area contributed by atoms with Gasteiger partial charge in [0, 0.05) is 32.7 Å². The highest BCUT2D eigenvalue weighted by Crippen LogP contribution is 2.35. The summed E-state index contributed by atoms with van der Waals surface area (Å²) in [5.74, 6) is 0.278. The van der Waals surface area contributed by atoms with Crippen LogP contribution in [0.2, 0.25) is 0 Å². The Balaban J connectivity index is 1.37. The highest BCUT2D eigenvalue weighted by Gasteiger charge is 2.38. The number of hydrogen-bond donors (Lipinski definition) is 0. The Kier molecular flexibility index (Phi) is 5.68. The van der Waals surface area contributed by atoms with E-state index in [1.54, 1.807) is 0 Å². The number of carbonyl (C=O) groups is 1. The largest absolute Gasteiger partial charge is 0.377 e. The lowest BCUT2D eigenvalue weighted by atomic mass is 9.92. The molecule has 0 aromatic heterocycles. The summed E-state index contributed by atoms with van der Waals surface area (Å²) < 4.78 is 11.7. The van der Waals surface area contributed by atoms with Gasteiger partial charge in [-0.25, -0.2) is 0 Å². The first-order valence-corrected chi connectivity index (χ1v) is 8.81. The Morgan fingerprint density at radius 2 is 2.04 bits per heavy atom. The molecular formula is C19H27NO3. The van der Waals surface area contributed by atoms with Crippen molar-refractivity contribution in [2.75, 3.05) is 26.3 Å². The Morgan fingerprint density at radius 1 is 1.17 bits per heavy atom. The third-order valence-electron chi connectivity index (χ3n) is 5.00. The minimum absolute atomic E-state index is 0.00573. The molecule has 0 aliphatic carbocycles. The number of amides is 1. The van der Waals surface area contributed by atoms with Gasteiger partial charge in [0.15, 0.2) is 0 Å². The quantitative estimate of drug-likeness (QED) is 0.757. The Morgan fingerprint density at radius 3 is 2.83 bits per heavy atom. The van der Waals surface area contributed by atoms with E-state index in [1.807, 2.05) is 23.1 Å². The van der Waals surface area contributed by atoms with Gasteiger partial charge in [0.05, 0.1) is 12.2 Å². The zero-order valence-electron chi connectivity index (χ0n) is 13.8. The monoisotopic (exact) mass is 317 g/mol. The lowest BCUT2D eigenvalue weighted by Gasteiger charge is -2.26. The average Bonchev–Trinajstić information content (AvgIpc) is 2.99. The zero-order valence-corrected chi connectivity index (χ0v) is 13.8. The van der Waals surface area contributed by atoms with E-state index in [0.29, 0.717) is 19.6 Å². The van der Waals surface area contributed by atoms with Crippen LogP contribution in [0.5, 0.6) is 0 Å². The van der Waals surface area contributed by atoms with Crippen molar-refractivity contribution >= 4 is 5.91 Å². The molecule has 0 saturated carbocycles. The second kappa shape index (κ2) is 7.93. The van der Waals surface area contributed by atoms with Gasteiger partial charge >= 0.3 is 0 Å². The molecule has 0 radical (unpaired) electrons. The fourth-order valence-corrected chi connectivity index (χ4v) is 3.59. The third-order valence-corrected chi connectivity index (χ3v) is 5.00. The summed E-state index contributed by atoms with van der Waals surface area (Å²) in [6.45, 7) is 3.83. The van der Waals surface area contributed by atoms with Gasteiger partial charge < -0.3 is 14.4 Å². The maximum absolute atomic E-state index is 12.3. The minimum Gasteiger partial charge on any atom is -0.377 e. The molecule has 126 valence electrons. The lowest BCUT2D eigenvalue weighted by Crippen LogP contribution is -2.33. The topological polar surface area (TPSA) is 38.8 Å². The highest BCUT2D eigenvalue weighted by atomic mass is 16.5. The van der Waals surface area contributed by atoms with E-state index < -0.39 is 0 Å². The number of carbonyl (C=O) groups excluding carboxylic acids is 1. The molecule has 2 saturated heterocycles. The average molecular weight is 317 g/mol. The normalized spacial score (nSPS) is 25.0. The minimum atomic E-state index is -0.00573. The van der Waals surface area contributed by atoms with E-state index in [0.717, 1.165) is 51.8 Å². The molecule has 1 spiro atoms. The molecule has 1 amide bonds. The van der Waals surface area contributed by atoms with Crippen molar-refractivity contribution in [3.8, 4) is 0 Å². The number of benzene rings is 1. The van der Waals surface area contributed by atoms with Crippen molar-refractivity contribution in [3.05, 3.63) is 35.9 Å². The molecule has 1 atom stereocenters. The van der Waals surface area contributed by atoms with Crippen LogP contribution < -0.4 is 0 Å². The molecular weight excluding hydrogens is 290 g/mol. The van der Waals surface area contributed by atoms with Gasteiger partial charge in [0.2, 0.25) is 5.91 Å².